The molecule has 0 saturated carbocycles. The van der Waals surface area contributed by atoms with Gasteiger partial charge < -0.3 is 20.5 Å². The molecule has 7 heteroatoms. The van der Waals surface area contributed by atoms with E-state index >= 15 is 0 Å². The Hall–Kier alpha value is -2.95. The van der Waals surface area contributed by atoms with E-state index in [0.717, 1.165) is 61.2 Å². The smallest absolute Gasteiger partial charge is 0.229 e. The van der Waals surface area contributed by atoms with Crippen LogP contribution < -0.4 is 11.1 Å². The molecule has 0 spiro atoms. The van der Waals surface area contributed by atoms with Crippen molar-refractivity contribution in [2.75, 3.05) is 32.0 Å². The molecule has 0 radical (unpaired) electrons. The number of hydrogen-bond acceptors (Lipinski definition) is 6. The molecule has 0 aliphatic carbocycles. The minimum atomic E-state index is -0.385. The van der Waals surface area contributed by atoms with Crippen molar-refractivity contribution >= 4 is 22.7 Å². The zero-order chi connectivity index (χ0) is 20.3. The van der Waals surface area contributed by atoms with Gasteiger partial charge in [0.15, 0.2) is 0 Å². The zero-order valence-electron chi connectivity index (χ0n) is 16.8. The van der Waals surface area contributed by atoms with Crippen molar-refractivity contribution in [1.29, 1.82) is 5.26 Å². The Morgan fingerprint density at radius 3 is 2.66 bits per heavy atom. The number of anilines is 2. The van der Waals surface area contributed by atoms with E-state index < -0.39 is 0 Å². The van der Waals surface area contributed by atoms with E-state index in [2.05, 4.69) is 50.0 Å². The van der Waals surface area contributed by atoms with Crippen LogP contribution in [0.2, 0.25) is 0 Å². The Labute approximate surface area is 171 Å². The SMILES string of the molecule is CN1CCC(C#N)(c2ccc(Nc3ncc4ccn(CCCN)c4n3)cc2)CC1. The van der Waals surface area contributed by atoms with Gasteiger partial charge in [-0.2, -0.15) is 10.2 Å². The first-order chi connectivity index (χ1) is 14.1. The molecular formula is C22H27N7. The normalized spacial score (nSPS) is 16.6. The summed E-state index contributed by atoms with van der Waals surface area (Å²) in [6, 6.07) is 12.7. The molecule has 7 nitrogen and oxygen atoms in total. The number of benzene rings is 1. The lowest BCUT2D eigenvalue weighted by Crippen LogP contribution is -2.39. The van der Waals surface area contributed by atoms with Crippen LogP contribution in [0.5, 0.6) is 0 Å². The second-order valence-corrected chi connectivity index (χ2v) is 7.82. The Balaban J connectivity index is 1.52. The summed E-state index contributed by atoms with van der Waals surface area (Å²) in [4.78, 5) is 11.4. The molecule has 0 bridgehead atoms. The first-order valence-corrected chi connectivity index (χ1v) is 10.1. The number of aryl methyl sites for hydroxylation is 1. The third-order valence-corrected chi connectivity index (χ3v) is 5.85. The zero-order valence-corrected chi connectivity index (χ0v) is 16.8. The van der Waals surface area contributed by atoms with Gasteiger partial charge in [0, 0.05) is 30.0 Å². The number of nitrogens with one attached hydrogen (secondary N) is 1. The molecule has 1 aliphatic rings. The first kappa shape index (κ1) is 19.4. The first-order valence-electron chi connectivity index (χ1n) is 10.1. The molecule has 0 atom stereocenters. The van der Waals surface area contributed by atoms with E-state index in [0.29, 0.717) is 12.5 Å². The number of piperidine rings is 1. The van der Waals surface area contributed by atoms with Crippen molar-refractivity contribution in [3.8, 4) is 6.07 Å². The molecule has 1 saturated heterocycles. The van der Waals surface area contributed by atoms with Crippen LogP contribution in [0.25, 0.3) is 11.0 Å². The van der Waals surface area contributed by atoms with Gasteiger partial charge in [0.2, 0.25) is 5.95 Å². The number of aromatic nitrogens is 3. The largest absolute Gasteiger partial charge is 0.332 e. The quantitative estimate of drug-likeness (QED) is 0.673. The molecule has 4 rings (SSSR count). The van der Waals surface area contributed by atoms with Crippen molar-refractivity contribution < 1.29 is 0 Å². The third kappa shape index (κ3) is 3.95. The highest BCUT2D eigenvalue weighted by Gasteiger charge is 2.35. The molecular weight excluding hydrogens is 362 g/mol. The number of hydrogen-bond donors (Lipinski definition) is 2. The average molecular weight is 390 g/mol. The minimum Gasteiger partial charge on any atom is -0.332 e. The van der Waals surface area contributed by atoms with Gasteiger partial charge >= 0.3 is 0 Å². The van der Waals surface area contributed by atoms with Crippen molar-refractivity contribution in [3.63, 3.8) is 0 Å². The van der Waals surface area contributed by atoms with Gasteiger partial charge in [-0.3, -0.25) is 0 Å². The van der Waals surface area contributed by atoms with Crippen LogP contribution in [0.3, 0.4) is 0 Å². The maximum absolute atomic E-state index is 9.84. The van der Waals surface area contributed by atoms with Crippen molar-refractivity contribution in [3.05, 3.63) is 48.3 Å². The van der Waals surface area contributed by atoms with Gasteiger partial charge in [-0.25, -0.2) is 4.98 Å². The van der Waals surface area contributed by atoms with Gasteiger partial charge in [0.05, 0.1) is 11.5 Å². The van der Waals surface area contributed by atoms with Gasteiger partial charge in [0.1, 0.15) is 5.65 Å². The van der Waals surface area contributed by atoms with Gasteiger partial charge in [-0.1, -0.05) is 12.1 Å². The number of likely N-dealkylation sites (tertiary alicyclic amines) is 1. The fourth-order valence-corrected chi connectivity index (χ4v) is 3.94. The Bertz CT molecular complexity index is 1010. The van der Waals surface area contributed by atoms with E-state index in [-0.39, 0.29) is 5.41 Å². The van der Waals surface area contributed by atoms with Gasteiger partial charge in [0.25, 0.3) is 0 Å². The van der Waals surface area contributed by atoms with Gasteiger partial charge in [-0.15, -0.1) is 0 Å². The van der Waals surface area contributed by atoms with E-state index in [1.54, 1.807) is 0 Å². The number of nitrogens with two attached hydrogens (primary N) is 1. The predicted octanol–water partition coefficient (Wildman–Crippen LogP) is 3.01. The van der Waals surface area contributed by atoms with Crippen LogP contribution in [0.1, 0.15) is 24.8 Å². The number of nitrogens with zero attached hydrogens (tertiary/aromatic N) is 5. The van der Waals surface area contributed by atoms with E-state index in [9.17, 15) is 5.26 Å². The molecule has 0 amide bonds. The van der Waals surface area contributed by atoms with Crippen molar-refractivity contribution in [2.45, 2.75) is 31.2 Å². The molecule has 3 N–H and O–H groups in total. The second kappa shape index (κ2) is 8.19. The monoisotopic (exact) mass is 389 g/mol. The fourth-order valence-electron chi connectivity index (χ4n) is 3.94. The molecule has 150 valence electrons. The Morgan fingerprint density at radius 1 is 1.21 bits per heavy atom. The number of fused-ring (bicyclic) bond motifs is 1. The van der Waals surface area contributed by atoms with Crippen molar-refractivity contribution in [2.24, 2.45) is 5.73 Å². The fraction of sp³-hybridized carbons (Fsp3) is 0.409. The lowest BCUT2D eigenvalue weighted by molar-refractivity contribution is 0.222. The summed E-state index contributed by atoms with van der Waals surface area (Å²) in [5.41, 5.74) is 8.15. The summed E-state index contributed by atoms with van der Waals surface area (Å²) in [5, 5.41) is 14.1. The predicted molar refractivity (Wildman–Crippen MR) is 115 cm³/mol. The molecule has 0 unspecified atom stereocenters. The summed E-state index contributed by atoms with van der Waals surface area (Å²) >= 11 is 0. The summed E-state index contributed by atoms with van der Waals surface area (Å²) < 4.78 is 2.11. The topological polar surface area (TPSA) is 95.8 Å². The highest BCUT2D eigenvalue weighted by molar-refractivity contribution is 5.76. The van der Waals surface area contributed by atoms with Gasteiger partial charge in [-0.05, 0) is 69.7 Å². The third-order valence-electron chi connectivity index (χ3n) is 5.85. The molecule has 2 aromatic heterocycles. The summed E-state index contributed by atoms with van der Waals surface area (Å²) in [7, 11) is 2.11. The highest BCUT2D eigenvalue weighted by Crippen LogP contribution is 2.35. The minimum absolute atomic E-state index is 0.385. The summed E-state index contributed by atoms with van der Waals surface area (Å²) in [6.45, 7) is 3.40. The van der Waals surface area contributed by atoms with Crippen LogP contribution >= 0.6 is 0 Å². The standard InChI is InChI=1S/C22H27N7/c1-28-13-8-22(16-24,9-14-28)18-3-5-19(6-4-18)26-21-25-15-17-7-12-29(11-2-10-23)20(17)27-21/h3-7,12,15H,2,8-11,13-14,23H2,1H3,(H,25,26,27). The lowest BCUT2D eigenvalue weighted by atomic mass is 9.74. The number of rotatable bonds is 6. The Morgan fingerprint density at radius 2 is 1.97 bits per heavy atom. The van der Waals surface area contributed by atoms with E-state index in [1.165, 1.54) is 0 Å². The molecule has 3 heterocycles. The maximum atomic E-state index is 9.84. The molecule has 1 fully saturated rings. The Kier molecular flexibility index (Phi) is 5.47. The second-order valence-electron chi connectivity index (χ2n) is 7.82. The van der Waals surface area contributed by atoms with Crippen LogP contribution in [0, 0.1) is 11.3 Å². The molecule has 29 heavy (non-hydrogen) atoms. The maximum Gasteiger partial charge on any atom is 0.229 e. The molecule has 3 aromatic rings. The number of nitriles is 1. The van der Waals surface area contributed by atoms with Crippen LogP contribution in [0.15, 0.2) is 42.7 Å². The van der Waals surface area contributed by atoms with Crippen LogP contribution in [-0.4, -0.2) is 46.1 Å². The average Bonchev–Trinajstić information content (AvgIpc) is 3.16. The van der Waals surface area contributed by atoms with E-state index in [1.807, 2.05) is 30.6 Å². The van der Waals surface area contributed by atoms with Crippen molar-refractivity contribution in [1.82, 2.24) is 19.4 Å². The summed E-state index contributed by atoms with van der Waals surface area (Å²) in [5.74, 6) is 0.562. The van der Waals surface area contributed by atoms with Crippen LogP contribution in [0.4, 0.5) is 11.6 Å². The van der Waals surface area contributed by atoms with Crippen LogP contribution in [-0.2, 0) is 12.0 Å². The van der Waals surface area contributed by atoms with E-state index in [4.69, 9.17) is 5.73 Å². The summed E-state index contributed by atoms with van der Waals surface area (Å²) in [6.07, 6.45) is 6.50. The lowest BCUT2D eigenvalue weighted by Gasteiger charge is -2.35. The highest BCUT2D eigenvalue weighted by atomic mass is 15.1. The molecule has 1 aliphatic heterocycles. The molecule has 1 aromatic carbocycles.